The van der Waals surface area contributed by atoms with E-state index in [1.165, 1.54) is 34.9 Å². The van der Waals surface area contributed by atoms with Crippen molar-refractivity contribution in [3.63, 3.8) is 0 Å². The van der Waals surface area contributed by atoms with Crippen molar-refractivity contribution >= 4 is 63.5 Å². The average Bonchev–Trinajstić information content (AvgIpc) is 2.91. The second-order valence-corrected chi connectivity index (χ2v) is 8.25. The molecular weight excluding hydrogens is 419 g/mol. The van der Waals surface area contributed by atoms with Gasteiger partial charge in [-0.15, -0.1) is 0 Å². The Morgan fingerprint density at radius 1 is 1.29 bits per heavy atom. The highest BCUT2D eigenvalue weighted by atomic mass is 35.5. The molecule has 1 heterocycles. The van der Waals surface area contributed by atoms with Gasteiger partial charge in [-0.1, -0.05) is 65.4 Å². The van der Waals surface area contributed by atoms with Crippen molar-refractivity contribution in [3.8, 4) is 0 Å². The smallest absolute Gasteiger partial charge is 0.266 e. The van der Waals surface area contributed by atoms with Crippen molar-refractivity contribution in [1.82, 2.24) is 4.90 Å². The lowest BCUT2D eigenvalue weighted by molar-refractivity contribution is -0.122. The summed E-state index contributed by atoms with van der Waals surface area (Å²) in [5, 5.41) is 2.55. The zero-order valence-corrected chi connectivity index (χ0v) is 17.3. The molecule has 1 saturated heterocycles. The highest BCUT2D eigenvalue weighted by Crippen LogP contribution is 2.32. The SMILES string of the molecule is Cc1ccc(/C=C2/SC(=S)N(CCC(=O)Nc3ccc(F)c(Cl)c3)C2=O)cc1. The number of carbonyl (C=O) groups excluding carboxylic acids is 2. The highest BCUT2D eigenvalue weighted by molar-refractivity contribution is 8.26. The van der Waals surface area contributed by atoms with E-state index in [0.29, 0.717) is 14.9 Å². The van der Waals surface area contributed by atoms with Crippen molar-refractivity contribution in [2.45, 2.75) is 13.3 Å². The van der Waals surface area contributed by atoms with Crippen LogP contribution in [0, 0.1) is 12.7 Å². The molecule has 1 fully saturated rings. The second-order valence-electron chi connectivity index (χ2n) is 6.17. The predicted octanol–water partition coefficient (Wildman–Crippen LogP) is 5.02. The van der Waals surface area contributed by atoms with Crippen molar-refractivity contribution in [2.75, 3.05) is 11.9 Å². The molecule has 1 aliphatic heterocycles. The summed E-state index contributed by atoms with van der Waals surface area (Å²) in [7, 11) is 0. The number of hydrogen-bond donors (Lipinski definition) is 1. The van der Waals surface area contributed by atoms with Crippen LogP contribution in [0.3, 0.4) is 0 Å². The largest absolute Gasteiger partial charge is 0.326 e. The maximum Gasteiger partial charge on any atom is 0.266 e. The van der Waals surface area contributed by atoms with Crippen LogP contribution in [-0.4, -0.2) is 27.6 Å². The molecule has 28 heavy (non-hydrogen) atoms. The summed E-state index contributed by atoms with van der Waals surface area (Å²) in [6, 6.07) is 11.7. The topological polar surface area (TPSA) is 49.4 Å². The quantitative estimate of drug-likeness (QED) is 0.530. The third-order valence-corrected chi connectivity index (χ3v) is 5.68. The zero-order valence-electron chi connectivity index (χ0n) is 14.9. The van der Waals surface area contributed by atoms with E-state index in [-0.39, 0.29) is 29.8 Å². The zero-order chi connectivity index (χ0) is 20.3. The molecule has 0 aromatic heterocycles. The van der Waals surface area contributed by atoms with Crippen LogP contribution >= 0.6 is 35.6 Å². The van der Waals surface area contributed by atoms with Crippen LogP contribution in [0.5, 0.6) is 0 Å². The van der Waals surface area contributed by atoms with Crippen LogP contribution in [0.15, 0.2) is 47.4 Å². The number of nitrogens with one attached hydrogen (secondary N) is 1. The van der Waals surface area contributed by atoms with Gasteiger partial charge in [0.15, 0.2) is 0 Å². The first kappa shape index (κ1) is 20.5. The predicted molar refractivity (Wildman–Crippen MR) is 116 cm³/mol. The summed E-state index contributed by atoms with van der Waals surface area (Å²) in [6.45, 7) is 2.16. The molecule has 1 aliphatic rings. The van der Waals surface area contributed by atoms with Crippen LogP contribution in [0.25, 0.3) is 6.08 Å². The molecule has 2 aromatic rings. The Kier molecular flexibility index (Phi) is 6.49. The standard InChI is InChI=1S/C20H16ClFN2O2S2/c1-12-2-4-13(5-3-12)10-17-19(26)24(20(27)28-17)9-8-18(25)23-14-6-7-16(22)15(21)11-14/h2-7,10-11H,8-9H2,1H3,(H,23,25)/b17-10+. The number of anilines is 1. The van der Waals surface area contributed by atoms with Gasteiger partial charge < -0.3 is 5.32 Å². The van der Waals surface area contributed by atoms with Gasteiger partial charge >= 0.3 is 0 Å². The first-order chi connectivity index (χ1) is 13.3. The van der Waals surface area contributed by atoms with Gasteiger partial charge in [-0.05, 0) is 36.8 Å². The Morgan fingerprint density at radius 2 is 2.00 bits per heavy atom. The molecule has 0 bridgehead atoms. The van der Waals surface area contributed by atoms with Gasteiger partial charge in [-0.3, -0.25) is 14.5 Å². The average molecular weight is 435 g/mol. The summed E-state index contributed by atoms with van der Waals surface area (Å²) < 4.78 is 13.6. The van der Waals surface area contributed by atoms with Crippen LogP contribution in [0.1, 0.15) is 17.5 Å². The van der Waals surface area contributed by atoms with Gasteiger partial charge in [0.1, 0.15) is 10.1 Å². The lowest BCUT2D eigenvalue weighted by Crippen LogP contribution is -2.31. The molecule has 0 spiro atoms. The van der Waals surface area contributed by atoms with Gasteiger partial charge in [0.05, 0.1) is 9.93 Å². The number of amides is 2. The number of aryl methyl sites for hydroxylation is 1. The van der Waals surface area contributed by atoms with Gasteiger partial charge in [-0.2, -0.15) is 0 Å². The van der Waals surface area contributed by atoms with E-state index in [2.05, 4.69) is 5.32 Å². The molecule has 2 amide bonds. The van der Waals surface area contributed by atoms with Gasteiger partial charge in [0.25, 0.3) is 5.91 Å². The maximum absolute atomic E-state index is 13.2. The lowest BCUT2D eigenvalue weighted by atomic mass is 10.1. The molecular formula is C20H16ClFN2O2S2. The van der Waals surface area contributed by atoms with Crippen LogP contribution in [0.2, 0.25) is 5.02 Å². The van der Waals surface area contributed by atoms with E-state index >= 15 is 0 Å². The van der Waals surface area contributed by atoms with E-state index in [1.807, 2.05) is 31.2 Å². The Bertz CT molecular complexity index is 977. The van der Waals surface area contributed by atoms with Gasteiger partial charge in [-0.25, -0.2) is 4.39 Å². The Labute approximate surface area is 176 Å². The van der Waals surface area contributed by atoms with Crippen molar-refractivity contribution in [3.05, 3.63) is 69.3 Å². The number of nitrogens with zero attached hydrogens (tertiary/aromatic N) is 1. The summed E-state index contributed by atoms with van der Waals surface area (Å²) in [5.74, 6) is -1.09. The Hall–Kier alpha value is -2.22. The molecule has 0 saturated carbocycles. The van der Waals surface area contributed by atoms with E-state index in [1.54, 1.807) is 6.08 Å². The fourth-order valence-electron chi connectivity index (χ4n) is 2.52. The third-order valence-electron chi connectivity index (χ3n) is 4.01. The molecule has 2 aromatic carbocycles. The van der Waals surface area contributed by atoms with Crippen molar-refractivity contribution in [1.29, 1.82) is 0 Å². The number of thiocarbonyl (C=S) groups is 1. The van der Waals surface area contributed by atoms with E-state index in [9.17, 15) is 14.0 Å². The number of halogens is 2. The van der Waals surface area contributed by atoms with Gasteiger partial charge in [0, 0.05) is 18.7 Å². The van der Waals surface area contributed by atoms with Crippen molar-refractivity contribution in [2.24, 2.45) is 0 Å². The molecule has 0 atom stereocenters. The second kappa shape index (κ2) is 8.86. The van der Waals surface area contributed by atoms with Gasteiger partial charge in [0.2, 0.25) is 5.91 Å². The molecule has 8 heteroatoms. The minimum Gasteiger partial charge on any atom is -0.326 e. The van der Waals surface area contributed by atoms with Crippen LogP contribution < -0.4 is 5.32 Å². The van der Waals surface area contributed by atoms with E-state index in [0.717, 1.165) is 11.1 Å². The Morgan fingerprint density at radius 3 is 2.68 bits per heavy atom. The minimum absolute atomic E-state index is 0.0548. The highest BCUT2D eigenvalue weighted by Gasteiger charge is 2.32. The summed E-state index contributed by atoms with van der Waals surface area (Å²) >= 11 is 12.2. The van der Waals surface area contributed by atoms with Crippen LogP contribution in [-0.2, 0) is 9.59 Å². The fourth-order valence-corrected chi connectivity index (χ4v) is 4.01. The molecule has 3 rings (SSSR count). The number of carbonyl (C=O) groups is 2. The summed E-state index contributed by atoms with van der Waals surface area (Å²) in [6.07, 6.45) is 1.85. The number of benzene rings is 2. The number of hydrogen-bond acceptors (Lipinski definition) is 4. The molecule has 144 valence electrons. The fraction of sp³-hybridized carbons (Fsp3) is 0.150. The molecule has 1 N–H and O–H groups in total. The van der Waals surface area contributed by atoms with Crippen molar-refractivity contribution < 1.29 is 14.0 Å². The monoisotopic (exact) mass is 434 g/mol. The molecule has 0 radical (unpaired) electrons. The normalized spacial score (nSPS) is 15.4. The maximum atomic E-state index is 13.2. The van der Waals surface area contributed by atoms with E-state index in [4.69, 9.17) is 23.8 Å². The minimum atomic E-state index is -0.558. The summed E-state index contributed by atoms with van der Waals surface area (Å²) in [4.78, 5) is 26.7. The van der Waals surface area contributed by atoms with Crippen LogP contribution in [0.4, 0.5) is 10.1 Å². The lowest BCUT2D eigenvalue weighted by Gasteiger charge is -2.14. The molecule has 4 nitrogen and oxygen atoms in total. The first-order valence-electron chi connectivity index (χ1n) is 8.40. The third kappa shape index (κ3) is 4.98. The Balaban J connectivity index is 1.60. The van der Waals surface area contributed by atoms with E-state index < -0.39 is 5.82 Å². The first-order valence-corrected chi connectivity index (χ1v) is 10.0. The molecule has 0 unspecified atom stereocenters. The molecule has 0 aliphatic carbocycles. The summed E-state index contributed by atoms with van der Waals surface area (Å²) in [5.41, 5.74) is 2.44. The number of thioether (sulfide) groups is 1. The number of rotatable bonds is 5.